The zero-order valence-corrected chi connectivity index (χ0v) is 13.5. The van der Waals surface area contributed by atoms with Gasteiger partial charge in [-0.1, -0.05) is 29.8 Å². The molecule has 5 nitrogen and oxygen atoms in total. The predicted molar refractivity (Wildman–Crippen MR) is 94.0 cm³/mol. The molecule has 0 aromatic heterocycles. The maximum Gasteiger partial charge on any atom is 0.265 e. The van der Waals surface area contributed by atoms with Crippen molar-refractivity contribution in [3.63, 3.8) is 0 Å². The lowest BCUT2D eigenvalue weighted by atomic mass is 10.1. The van der Waals surface area contributed by atoms with Crippen molar-refractivity contribution in [1.29, 1.82) is 0 Å². The molecule has 1 heterocycles. The zero-order valence-electron chi connectivity index (χ0n) is 13.5. The van der Waals surface area contributed by atoms with Crippen molar-refractivity contribution in [2.75, 3.05) is 10.6 Å². The quantitative estimate of drug-likeness (QED) is 0.851. The summed E-state index contributed by atoms with van der Waals surface area (Å²) in [4.78, 5) is 23.7. The molecule has 0 aliphatic carbocycles. The van der Waals surface area contributed by atoms with E-state index in [4.69, 9.17) is 4.74 Å². The first-order valence-corrected chi connectivity index (χ1v) is 7.68. The summed E-state index contributed by atoms with van der Waals surface area (Å²) in [7, 11) is 0. The largest absolute Gasteiger partial charge is 0.479 e. The molecule has 24 heavy (non-hydrogen) atoms. The Morgan fingerprint density at radius 1 is 1.21 bits per heavy atom. The molecule has 0 bridgehead atoms. The minimum Gasteiger partial charge on any atom is -0.479 e. The number of benzene rings is 2. The summed E-state index contributed by atoms with van der Waals surface area (Å²) in [5.41, 5.74) is 3.27. The lowest BCUT2D eigenvalue weighted by molar-refractivity contribution is -0.122. The lowest BCUT2D eigenvalue weighted by Gasteiger charge is -2.23. The first-order valence-electron chi connectivity index (χ1n) is 7.68. The van der Waals surface area contributed by atoms with Crippen molar-refractivity contribution in [3.05, 3.63) is 59.7 Å². The van der Waals surface area contributed by atoms with E-state index in [2.05, 4.69) is 10.6 Å². The number of aryl methyl sites for hydroxylation is 1. The van der Waals surface area contributed by atoms with Gasteiger partial charge in [-0.2, -0.15) is 0 Å². The van der Waals surface area contributed by atoms with Crippen LogP contribution in [0.5, 0.6) is 5.75 Å². The summed E-state index contributed by atoms with van der Waals surface area (Å²) in [5, 5.41) is 5.52. The first-order chi connectivity index (χ1) is 11.5. The van der Waals surface area contributed by atoms with Gasteiger partial charge in [-0.15, -0.1) is 0 Å². The SMILES string of the molecule is Cc1ccc(C=CC(=O)Nc2ccc3c(c2)NC(=O)C(C)O3)cc1. The van der Waals surface area contributed by atoms with E-state index in [1.54, 1.807) is 31.2 Å². The standard InChI is InChI=1S/C19H18N2O3/c1-12-3-5-14(6-4-12)7-10-18(22)20-15-8-9-17-16(11-15)21-19(23)13(2)24-17/h3-11,13H,1-2H3,(H,20,22)(H,21,23). The molecule has 1 aliphatic rings. The van der Waals surface area contributed by atoms with Crippen molar-refractivity contribution >= 4 is 29.3 Å². The van der Waals surface area contributed by atoms with Crippen molar-refractivity contribution in [1.82, 2.24) is 0 Å². The van der Waals surface area contributed by atoms with Gasteiger partial charge < -0.3 is 15.4 Å². The summed E-state index contributed by atoms with van der Waals surface area (Å²) >= 11 is 0. The number of hydrogen-bond acceptors (Lipinski definition) is 3. The Hall–Kier alpha value is -3.08. The van der Waals surface area contributed by atoms with E-state index in [0.29, 0.717) is 17.1 Å². The predicted octanol–water partition coefficient (Wildman–Crippen LogP) is 3.37. The molecular weight excluding hydrogens is 304 g/mol. The van der Waals surface area contributed by atoms with Gasteiger partial charge in [0.25, 0.3) is 5.91 Å². The number of rotatable bonds is 3. The number of carbonyl (C=O) groups excluding carboxylic acids is 2. The molecule has 122 valence electrons. The van der Waals surface area contributed by atoms with Gasteiger partial charge >= 0.3 is 0 Å². The first kappa shape index (κ1) is 15.8. The Morgan fingerprint density at radius 2 is 1.96 bits per heavy atom. The fourth-order valence-electron chi connectivity index (χ4n) is 2.32. The van der Waals surface area contributed by atoms with Crippen LogP contribution in [0.15, 0.2) is 48.5 Å². The average molecular weight is 322 g/mol. The summed E-state index contributed by atoms with van der Waals surface area (Å²) in [5.74, 6) is 0.146. The number of fused-ring (bicyclic) bond motifs is 1. The number of amides is 2. The topological polar surface area (TPSA) is 67.4 Å². The van der Waals surface area contributed by atoms with Crippen LogP contribution < -0.4 is 15.4 Å². The van der Waals surface area contributed by atoms with Crippen LogP contribution in [0.2, 0.25) is 0 Å². The van der Waals surface area contributed by atoms with Crippen LogP contribution in [0.1, 0.15) is 18.1 Å². The highest BCUT2D eigenvalue weighted by molar-refractivity contribution is 6.03. The Morgan fingerprint density at radius 3 is 2.71 bits per heavy atom. The maximum absolute atomic E-state index is 12.0. The Balaban J connectivity index is 1.67. The summed E-state index contributed by atoms with van der Waals surface area (Å²) in [6, 6.07) is 13.0. The van der Waals surface area contributed by atoms with Crippen LogP contribution in [-0.2, 0) is 9.59 Å². The van der Waals surface area contributed by atoms with E-state index in [0.717, 1.165) is 5.56 Å². The number of nitrogens with one attached hydrogen (secondary N) is 2. The van der Waals surface area contributed by atoms with Crippen LogP contribution in [0, 0.1) is 6.92 Å². The van der Waals surface area contributed by atoms with Crippen LogP contribution >= 0.6 is 0 Å². The lowest BCUT2D eigenvalue weighted by Crippen LogP contribution is -2.34. The van der Waals surface area contributed by atoms with Crippen LogP contribution in [0.3, 0.4) is 0 Å². The minimum atomic E-state index is -0.518. The van der Waals surface area contributed by atoms with Crippen molar-refractivity contribution in [2.45, 2.75) is 20.0 Å². The Labute approximate surface area is 140 Å². The fraction of sp³-hybridized carbons (Fsp3) is 0.158. The number of ether oxygens (including phenoxy) is 1. The molecule has 0 saturated carbocycles. The van der Waals surface area contributed by atoms with Crippen molar-refractivity contribution in [2.24, 2.45) is 0 Å². The van der Waals surface area contributed by atoms with Crippen LogP contribution in [-0.4, -0.2) is 17.9 Å². The van der Waals surface area contributed by atoms with Crippen molar-refractivity contribution < 1.29 is 14.3 Å². The van der Waals surface area contributed by atoms with Gasteiger partial charge in [0.15, 0.2) is 6.10 Å². The van der Waals surface area contributed by atoms with Gasteiger partial charge in [0, 0.05) is 11.8 Å². The van der Waals surface area contributed by atoms with Crippen LogP contribution in [0.4, 0.5) is 11.4 Å². The van der Waals surface area contributed by atoms with E-state index in [-0.39, 0.29) is 11.8 Å². The van der Waals surface area contributed by atoms with E-state index < -0.39 is 6.10 Å². The average Bonchev–Trinajstić information content (AvgIpc) is 2.56. The molecule has 0 saturated heterocycles. The van der Waals surface area contributed by atoms with E-state index >= 15 is 0 Å². The number of hydrogen-bond donors (Lipinski definition) is 2. The van der Waals surface area contributed by atoms with E-state index in [1.165, 1.54) is 11.6 Å². The molecule has 1 aliphatic heterocycles. The molecule has 3 rings (SSSR count). The molecule has 2 aromatic carbocycles. The number of anilines is 2. The third-order valence-corrected chi connectivity index (χ3v) is 3.68. The minimum absolute atomic E-state index is 0.203. The maximum atomic E-state index is 12.0. The monoisotopic (exact) mass is 322 g/mol. The summed E-state index contributed by atoms with van der Waals surface area (Å²) in [6.45, 7) is 3.70. The summed E-state index contributed by atoms with van der Waals surface area (Å²) in [6.07, 6.45) is 2.71. The fourth-order valence-corrected chi connectivity index (χ4v) is 2.32. The van der Waals surface area contributed by atoms with Gasteiger partial charge in [-0.3, -0.25) is 9.59 Å². The molecule has 2 aromatic rings. The highest BCUT2D eigenvalue weighted by atomic mass is 16.5. The Kier molecular flexibility index (Phi) is 4.33. The van der Waals surface area contributed by atoms with Gasteiger partial charge in [-0.25, -0.2) is 0 Å². The van der Waals surface area contributed by atoms with E-state index in [1.807, 2.05) is 31.2 Å². The van der Waals surface area contributed by atoms with Gasteiger partial charge in [0.05, 0.1) is 5.69 Å². The van der Waals surface area contributed by atoms with Gasteiger partial charge in [0.1, 0.15) is 5.75 Å². The third kappa shape index (κ3) is 3.63. The molecule has 2 amide bonds. The molecule has 1 atom stereocenters. The second-order valence-electron chi connectivity index (χ2n) is 5.69. The molecule has 1 unspecified atom stereocenters. The van der Waals surface area contributed by atoms with Crippen LogP contribution in [0.25, 0.3) is 6.08 Å². The highest BCUT2D eigenvalue weighted by Gasteiger charge is 2.23. The Bertz CT molecular complexity index is 810. The molecule has 0 spiro atoms. The molecule has 0 fully saturated rings. The van der Waals surface area contributed by atoms with Crippen molar-refractivity contribution in [3.8, 4) is 5.75 Å². The second-order valence-corrected chi connectivity index (χ2v) is 5.69. The normalized spacial score (nSPS) is 16.2. The molecular formula is C19H18N2O3. The molecule has 5 heteroatoms. The molecule has 0 radical (unpaired) electrons. The zero-order chi connectivity index (χ0) is 17.1. The molecule has 2 N–H and O–H groups in total. The summed E-state index contributed by atoms with van der Waals surface area (Å²) < 4.78 is 5.48. The van der Waals surface area contributed by atoms with Gasteiger partial charge in [0.2, 0.25) is 5.91 Å². The van der Waals surface area contributed by atoms with E-state index in [9.17, 15) is 9.59 Å². The highest BCUT2D eigenvalue weighted by Crippen LogP contribution is 2.32. The second kappa shape index (κ2) is 6.58. The smallest absolute Gasteiger partial charge is 0.265 e. The third-order valence-electron chi connectivity index (χ3n) is 3.68. The number of carbonyl (C=O) groups is 2. The van der Waals surface area contributed by atoms with Gasteiger partial charge in [-0.05, 0) is 43.7 Å².